The fourth-order valence-corrected chi connectivity index (χ4v) is 1.21. The molecule has 1 nitrogen and oxygen atoms in total. The molecule has 0 amide bonds. The Labute approximate surface area is 86.1 Å². The van der Waals surface area contributed by atoms with Crippen LogP contribution in [0.4, 0.5) is 0 Å². The fourth-order valence-electron chi connectivity index (χ4n) is 1.21. The van der Waals surface area contributed by atoms with Gasteiger partial charge in [0.05, 0.1) is 0 Å². The summed E-state index contributed by atoms with van der Waals surface area (Å²) in [5.41, 5.74) is 7.14. The van der Waals surface area contributed by atoms with Crippen LogP contribution in [-0.2, 0) is 6.42 Å². The fraction of sp³-hybridized carbons (Fsp3) is 0.273. The van der Waals surface area contributed by atoms with Gasteiger partial charge in [-0.05, 0) is 18.4 Å². The van der Waals surface area contributed by atoms with Gasteiger partial charge >= 0.3 is 0 Å². The Morgan fingerprint density at radius 1 is 1.31 bits per heavy atom. The van der Waals surface area contributed by atoms with Gasteiger partial charge in [0.15, 0.2) is 0 Å². The average molecular weight is 198 g/mol. The molecule has 0 heterocycles. The van der Waals surface area contributed by atoms with E-state index >= 15 is 0 Å². The molecule has 0 aliphatic heterocycles. The highest BCUT2D eigenvalue weighted by atomic mass is 35.5. The highest BCUT2D eigenvalue weighted by Crippen LogP contribution is 2.03. The van der Waals surface area contributed by atoms with Gasteiger partial charge in [-0.15, -0.1) is 19.0 Å². The van der Waals surface area contributed by atoms with Gasteiger partial charge in [-0.3, -0.25) is 0 Å². The molecule has 1 aromatic rings. The lowest BCUT2D eigenvalue weighted by Gasteiger charge is -2.07. The van der Waals surface area contributed by atoms with Crippen molar-refractivity contribution in [1.29, 1.82) is 0 Å². The molecule has 72 valence electrons. The second-order valence-electron chi connectivity index (χ2n) is 2.97. The molecule has 1 rings (SSSR count). The first kappa shape index (κ1) is 12.2. The van der Waals surface area contributed by atoms with Gasteiger partial charge < -0.3 is 5.73 Å². The lowest BCUT2D eigenvalue weighted by Crippen LogP contribution is -2.21. The lowest BCUT2D eigenvalue weighted by atomic mass is 10.0. The van der Waals surface area contributed by atoms with Gasteiger partial charge in [-0.2, -0.15) is 0 Å². The van der Waals surface area contributed by atoms with Crippen LogP contribution < -0.4 is 5.73 Å². The van der Waals surface area contributed by atoms with Crippen LogP contribution in [0.3, 0.4) is 0 Å². The second kappa shape index (κ2) is 6.70. The van der Waals surface area contributed by atoms with Gasteiger partial charge in [-0.25, -0.2) is 0 Å². The van der Waals surface area contributed by atoms with E-state index in [0.29, 0.717) is 0 Å². The Morgan fingerprint density at radius 2 is 1.92 bits per heavy atom. The molecule has 0 aliphatic carbocycles. The standard InChI is InChI=1S/C11H15N.ClH/c1-2-6-11(12)9-10-7-4-3-5-8-10;/h2-5,7-8,11H,1,6,9,12H2;1H/t11-;/m0./s1. The van der Waals surface area contributed by atoms with Gasteiger partial charge in [0, 0.05) is 6.04 Å². The molecular formula is C11H16ClN. The first-order valence-electron chi connectivity index (χ1n) is 4.23. The van der Waals surface area contributed by atoms with Crippen LogP contribution in [0, 0.1) is 0 Å². The van der Waals surface area contributed by atoms with Crippen LogP contribution in [-0.4, -0.2) is 6.04 Å². The summed E-state index contributed by atoms with van der Waals surface area (Å²) < 4.78 is 0. The van der Waals surface area contributed by atoms with Crippen molar-refractivity contribution in [2.24, 2.45) is 5.73 Å². The molecule has 1 aromatic carbocycles. The number of benzene rings is 1. The Kier molecular flexibility index (Phi) is 6.29. The summed E-state index contributed by atoms with van der Waals surface area (Å²) in [7, 11) is 0. The largest absolute Gasteiger partial charge is 0.327 e. The zero-order valence-electron chi connectivity index (χ0n) is 7.65. The van der Waals surface area contributed by atoms with Crippen LogP contribution in [0.25, 0.3) is 0 Å². The summed E-state index contributed by atoms with van der Waals surface area (Å²) in [6.07, 6.45) is 3.69. The van der Waals surface area contributed by atoms with Crippen LogP contribution in [0.5, 0.6) is 0 Å². The number of halogens is 1. The van der Waals surface area contributed by atoms with Crippen LogP contribution in [0.15, 0.2) is 43.0 Å². The molecule has 0 aliphatic rings. The van der Waals surface area contributed by atoms with Crippen molar-refractivity contribution in [2.75, 3.05) is 0 Å². The highest BCUT2D eigenvalue weighted by Gasteiger charge is 1.99. The summed E-state index contributed by atoms with van der Waals surface area (Å²) >= 11 is 0. The number of hydrogen-bond donors (Lipinski definition) is 1. The molecule has 0 aromatic heterocycles. The van der Waals surface area contributed by atoms with Crippen molar-refractivity contribution in [3.8, 4) is 0 Å². The summed E-state index contributed by atoms with van der Waals surface area (Å²) in [5, 5.41) is 0. The summed E-state index contributed by atoms with van der Waals surface area (Å²) in [4.78, 5) is 0. The molecule has 2 heteroatoms. The molecular weight excluding hydrogens is 182 g/mol. The summed E-state index contributed by atoms with van der Waals surface area (Å²) in [6, 6.07) is 10.5. The molecule has 2 N–H and O–H groups in total. The van der Waals surface area contributed by atoms with E-state index in [-0.39, 0.29) is 18.4 Å². The topological polar surface area (TPSA) is 26.0 Å². The molecule has 0 radical (unpaired) electrons. The number of hydrogen-bond acceptors (Lipinski definition) is 1. The predicted molar refractivity (Wildman–Crippen MR) is 60.2 cm³/mol. The summed E-state index contributed by atoms with van der Waals surface area (Å²) in [6.45, 7) is 3.66. The third-order valence-electron chi connectivity index (χ3n) is 1.81. The molecule has 0 fully saturated rings. The predicted octanol–water partition coefficient (Wildman–Crippen LogP) is 2.55. The monoisotopic (exact) mass is 197 g/mol. The third kappa shape index (κ3) is 4.71. The SMILES string of the molecule is C=CC[C@H](N)Cc1ccccc1.Cl. The van der Waals surface area contributed by atoms with E-state index < -0.39 is 0 Å². The Balaban J connectivity index is 0.00000144. The van der Waals surface area contributed by atoms with E-state index in [1.54, 1.807) is 0 Å². The maximum atomic E-state index is 5.84. The van der Waals surface area contributed by atoms with E-state index in [9.17, 15) is 0 Å². The van der Waals surface area contributed by atoms with Crippen LogP contribution >= 0.6 is 12.4 Å². The van der Waals surface area contributed by atoms with E-state index in [2.05, 4.69) is 18.7 Å². The molecule has 0 unspecified atom stereocenters. The third-order valence-corrected chi connectivity index (χ3v) is 1.81. The summed E-state index contributed by atoms with van der Waals surface area (Å²) in [5.74, 6) is 0. The van der Waals surface area contributed by atoms with Gasteiger partial charge in [0.2, 0.25) is 0 Å². The van der Waals surface area contributed by atoms with E-state index in [4.69, 9.17) is 5.73 Å². The molecule has 0 bridgehead atoms. The maximum absolute atomic E-state index is 5.84. The highest BCUT2D eigenvalue weighted by molar-refractivity contribution is 5.85. The minimum Gasteiger partial charge on any atom is -0.327 e. The average Bonchev–Trinajstić information content (AvgIpc) is 2.06. The Morgan fingerprint density at radius 3 is 2.46 bits per heavy atom. The molecule has 0 saturated heterocycles. The second-order valence-corrected chi connectivity index (χ2v) is 2.97. The molecule has 0 saturated carbocycles. The minimum atomic E-state index is 0. The van der Waals surface area contributed by atoms with Gasteiger partial charge in [0.25, 0.3) is 0 Å². The molecule has 1 atom stereocenters. The first-order valence-corrected chi connectivity index (χ1v) is 4.23. The normalized spacial score (nSPS) is 11.5. The zero-order valence-corrected chi connectivity index (χ0v) is 8.46. The van der Waals surface area contributed by atoms with Crippen molar-refractivity contribution >= 4 is 12.4 Å². The van der Waals surface area contributed by atoms with Crippen molar-refractivity contribution in [1.82, 2.24) is 0 Å². The van der Waals surface area contributed by atoms with Gasteiger partial charge in [0.1, 0.15) is 0 Å². The van der Waals surface area contributed by atoms with E-state index in [1.165, 1.54) is 5.56 Å². The Bertz CT molecular complexity index is 233. The molecule has 0 spiro atoms. The molecule has 13 heavy (non-hydrogen) atoms. The minimum absolute atomic E-state index is 0. The van der Waals surface area contributed by atoms with Crippen LogP contribution in [0.2, 0.25) is 0 Å². The zero-order chi connectivity index (χ0) is 8.81. The smallest absolute Gasteiger partial charge is 0.0114 e. The van der Waals surface area contributed by atoms with E-state index in [0.717, 1.165) is 12.8 Å². The number of nitrogens with two attached hydrogens (primary N) is 1. The quantitative estimate of drug-likeness (QED) is 0.738. The van der Waals surface area contributed by atoms with Crippen molar-refractivity contribution in [3.05, 3.63) is 48.6 Å². The van der Waals surface area contributed by atoms with Crippen molar-refractivity contribution in [3.63, 3.8) is 0 Å². The number of rotatable bonds is 4. The van der Waals surface area contributed by atoms with Gasteiger partial charge in [-0.1, -0.05) is 36.4 Å². The van der Waals surface area contributed by atoms with E-state index in [1.807, 2.05) is 24.3 Å². The lowest BCUT2D eigenvalue weighted by molar-refractivity contribution is 0.680. The Hall–Kier alpha value is -0.790. The first-order chi connectivity index (χ1) is 5.83. The van der Waals surface area contributed by atoms with Crippen molar-refractivity contribution < 1.29 is 0 Å². The van der Waals surface area contributed by atoms with Crippen molar-refractivity contribution in [2.45, 2.75) is 18.9 Å². The maximum Gasteiger partial charge on any atom is 0.0114 e. The van der Waals surface area contributed by atoms with Crippen LogP contribution in [0.1, 0.15) is 12.0 Å².